The summed E-state index contributed by atoms with van der Waals surface area (Å²) in [6, 6.07) is 4.15. The van der Waals surface area contributed by atoms with Crippen molar-refractivity contribution in [3.63, 3.8) is 0 Å². The summed E-state index contributed by atoms with van der Waals surface area (Å²) in [5.74, 6) is 0. The van der Waals surface area contributed by atoms with E-state index in [4.69, 9.17) is 0 Å². The highest BCUT2D eigenvalue weighted by Gasteiger charge is 2.05. The number of rotatable bonds is 1. The zero-order chi connectivity index (χ0) is 7.68. The van der Waals surface area contributed by atoms with Gasteiger partial charge >= 0.3 is 0 Å². The molecule has 0 bridgehead atoms. The van der Waals surface area contributed by atoms with Gasteiger partial charge in [-0.25, -0.2) is 4.98 Å². The molecule has 0 saturated heterocycles. The van der Waals surface area contributed by atoms with E-state index in [1.54, 1.807) is 22.7 Å². The number of thiophene rings is 1. The molecule has 0 radical (unpaired) electrons. The van der Waals surface area contributed by atoms with Crippen LogP contribution in [0.2, 0.25) is 0 Å². The summed E-state index contributed by atoms with van der Waals surface area (Å²) in [7, 11) is 0. The third kappa shape index (κ3) is 1.38. The molecular weight excluding hydrogens is 242 g/mol. The molecule has 2 aromatic rings. The van der Waals surface area contributed by atoms with Crippen LogP contribution in [0.25, 0.3) is 9.75 Å². The van der Waals surface area contributed by atoms with E-state index < -0.39 is 0 Å². The molecule has 2 rings (SSSR count). The zero-order valence-electron chi connectivity index (χ0n) is 5.45. The lowest BCUT2D eigenvalue weighted by molar-refractivity contribution is 1.37. The van der Waals surface area contributed by atoms with E-state index in [2.05, 4.69) is 32.4 Å². The van der Waals surface area contributed by atoms with Crippen molar-refractivity contribution in [1.82, 2.24) is 4.98 Å². The van der Waals surface area contributed by atoms with Crippen molar-refractivity contribution in [2.75, 3.05) is 0 Å². The van der Waals surface area contributed by atoms with Crippen LogP contribution in [0.1, 0.15) is 0 Å². The second kappa shape index (κ2) is 3.05. The predicted molar refractivity (Wildman–Crippen MR) is 53.1 cm³/mol. The SMILES string of the molecule is Brc1ncsc1-c1cccs1. The molecule has 0 aliphatic heterocycles. The highest BCUT2D eigenvalue weighted by Crippen LogP contribution is 2.33. The minimum Gasteiger partial charge on any atom is -0.237 e. The Balaban J connectivity index is 2.53. The summed E-state index contributed by atoms with van der Waals surface area (Å²) >= 11 is 6.79. The van der Waals surface area contributed by atoms with Crippen molar-refractivity contribution >= 4 is 38.6 Å². The van der Waals surface area contributed by atoms with Crippen LogP contribution in [0.15, 0.2) is 27.6 Å². The molecule has 11 heavy (non-hydrogen) atoms. The monoisotopic (exact) mass is 245 g/mol. The van der Waals surface area contributed by atoms with E-state index in [9.17, 15) is 0 Å². The van der Waals surface area contributed by atoms with Gasteiger partial charge in [0.2, 0.25) is 0 Å². The number of nitrogens with zero attached hydrogens (tertiary/aromatic N) is 1. The fourth-order valence-electron chi connectivity index (χ4n) is 0.800. The van der Waals surface area contributed by atoms with Crippen molar-refractivity contribution in [2.45, 2.75) is 0 Å². The van der Waals surface area contributed by atoms with E-state index in [0.717, 1.165) is 4.60 Å². The van der Waals surface area contributed by atoms with Crippen LogP contribution < -0.4 is 0 Å². The summed E-state index contributed by atoms with van der Waals surface area (Å²) in [5.41, 5.74) is 1.85. The Morgan fingerprint density at radius 3 is 2.82 bits per heavy atom. The maximum absolute atomic E-state index is 4.11. The molecule has 0 aliphatic rings. The van der Waals surface area contributed by atoms with Crippen LogP contribution in [-0.4, -0.2) is 4.98 Å². The third-order valence-electron chi connectivity index (χ3n) is 1.27. The van der Waals surface area contributed by atoms with Crippen LogP contribution in [0, 0.1) is 0 Å². The van der Waals surface area contributed by atoms with E-state index in [0.29, 0.717) is 0 Å². The summed E-state index contributed by atoms with van der Waals surface area (Å²) in [6.45, 7) is 0. The standard InChI is InChI=1S/C7H4BrNS2/c8-7-6(11-4-9-7)5-2-1-3-10-5/h1-4H. The Kier molecular flexibility index (Phi) is 2.07. The highest BCUT2D eigenvalue weighted by atomic mass is 79.9. The largest absolute Gasteiger partial charge is 0.237 e. The highest BCUT2D eigenvalue weighted by molar-refractivity contribution is 9.10. The van der Waals surface area contributed by atoms with Crippen LogP contribution in [0.4, 0.5) is 0 Å². The van der Waals surface area contributed by atoms with Crippen LogP contribution >= 0.6 is 38.6 Å². The van der Waals surface area contributed by atoms with Gasteiger partial charge in [0.1, 0.15) is 4.60 Å². The summed E-state index contributed by atoms with van der Waals surface area (Å²) < 4.78 is 0.949. The first-order valence-electron chi connectivity index (χ1n) is 3.01. The molecule has 2 aromatic heterocycles. The maximum Gasteiger partial charge on any atom is 0.125 e. The van der Waals surface area contributed by atoms with Crippen LogP contribution in [0.3, 0.4) is 0 Å². The summed E-state index contributed by atoms with van der Waals surface area (Å²) in [6.07, 6.45) is 0. The van der Waals surface area contributed by atoms with Gasteiger partial charge in [-0.1, -0.05) is 6.07 Å². The molecular formula is C7H4BrNS2. The lowest BCUT2D eigenvalue weighted by Crippen LogP contribution is -1.64. The quantitative estimate of drug-likeness (QED) is 0.748. The van der Waals surface area contributed by atoms with Crippen molar-refractivity contribution in [3.05, 3.63) is 27.6 Å². The van der Waals surface area contributed by atoms with E-state index in [1.807, 2.05) is 11.6 Å². The molecule has 0 spiro atoms. The predicted octanol–water partition coefficient (Wildman–Crippen LogP) is 3.63. The molecule has 0 unspecified atom stereocenters. The van der Waals surface area contributed by atoms with Gasteiger partial charge in [0, 0.05) is 4.88 Å². The molecule has 4 heteroatoms. The molecule has 0 N–H and O–H groups in total. The van der Waals surface area contributed by atoms with Crippen molar-refractivity contribution in [2.24, 2.45) is 0 Å². The molecule has 0 amide bonds. The second-order valence-electron chi connectivity index (χ2n) is 1.95. The normalized spacial score (nSPS) is 10.3. The minimum absolute atomic E-state index is 0.949. The van der Waals surface area contributed by atoms with Crippen molar-refractivity contribution in [3.8, 4) is 9.75 Å². The number of hydrogen-bond donors (Lipinski definition) is 0. The van der Waals surface area contributed by atoms with Gasteiger partial charge in [0.05, 0.1) is 10.4 Å². The zero-order valence-corrected chi connectivity index (χ0v) is 8.67. The third-order valence-corrected chi connectivity index (χ3v) is 4.01. The Labute approximate surface area is 80.9 Å². The molecule has 56 valence electrons. The van der Waals surface area contributed by atoms with Gasteiger partial charge in [-0.3, -0.25) is 0 Å². The fourth-order valence-corrected chi connectivity index (χ4v) is 3.21. The molecule has 0 fully saturated rings. The Morgan fingerprint density at radius 2 is 2.27 bits per heavy atom. The Bertz CT molecular complexity index is 339. The van der Waals surface area contributed by atoms with Gasteiger partial charge in [-0.05, 0) is 27.4 Å². The van der Waals surface area contributed by atoms with E-state index in [1.165, 1.54) is 9.75 Å². The van der Waals surface area contributed by atoms with Crippen molar-refractivity contribution < 1.29 is 0 Å². The molecule has 0 aliphatic carbocycles. The van der Waals surface area contributed by atoms with Crippen molar-refractivity contribution in [1.29, 1.82) is 0 Å². The first-order valence-corrected chi connectivity index (χ1v) is 5.56. The maximum atomic E-state index is 4.11. The van der Waals surface area contributed by atoms with E-state index in [-0.39, 0.29) is 0 Å². The summed E-state index contributed by atoms with van der Waals surface area (Å²) in [4.78, 5) is 6.61. The number of hydrogen-bond acceptors (Lipinski definition) is 3. The van der Waals surface area contributed by atoms with E-state index >= 15 is 0 Å². The Hall–Kier alpha value is -0.190. The number of aromatic nitrogens is 1. The van der Waals surface area contributed by atoms with Gasteiger partial charge in [0.25, 0.3) is 0 Å². The first-order chi connectivity index (χ1) is 5.38. The van der Waals surface area contributed by atoms with Gasteiger partial charge in [0.15, 0.2) is 0 Å². The minimum atomic E-state index is 0.949. The molecule has 0 aromatic carbocycles. The molecule has 0 saturated carbocycles. The summed E-state index contributed by atoms with van der Waals surface area (Å²) in [5, 5.41) is 2.07. The molecule has 1 nitrogen and oxygen atoms in total. The Morgan fingerprint density at radius 1 is 1.36 bits per heavy atom. The topological polar surface area (TPSA) is 12.9 Å². The van der Waals surface area contributed by atoms with Gasteiger partial charge < -0.3 is 0 Å². The average molecular weight is 246 g/mol. The molecule has 0 atom stereocenters. The van der Waals surface area contributed by atoms with Crippen LogP contribution in [-0.2, 0) is 0 Å². The van der Waals surface area contributed by atoms with Gasteiger partial charge in [-0.15, -0.1) is 22.7 Å². The second-order valence-corrected chi connectivity index (χ2v) is 4.50. The lowest BCUT2D eigenvalue weighted by atomic mass is 10.4. The average Bonchev–Trinajstić information content (AvgIpc) is 2.55. The van der Waals surface area contributed by atoms with Crippen LogP contribution in [0.5, 0.6) is 0 Å². The molecule has 2 heterocycles. The lowest BCUT2D eigenvalue weighted by Gasteiger charge is -1.88. The van der Waals surface area contributed by atoms with Gasteiger partial charge in [-0.2, -0.15) is 0 Å². The smallest absolute Gasteiger partial charge is 0.125 e. The first kappa shape index (κ1) is 7.46. The number of thiazole rings is 1. The number of halogens is 1. The fraction of sp³-hybridized carbons (Fsp3) is 0.